The van der Waals surface area contributed by atoms with E-state index in [4.69, 9.17) is 10.00 Å². The van der Waals surface area contributed by atoms with Gasteiger partial charge in [0.25, 0.3) is 0 Å². The largest absolute Gasteiger partial charge is 0.465 e. The molecule has 27 heavy (non-hydrogen) atoms. The van der Waals surface area contributed by atoms with Crippen LogP contribution in [0.2, 0.25) is 0 Å². The van der Waals surface area contributed by atoms with Gasteiger partial charge in [0, 0.05) is 18.8 Å². The molecule has 0 aliphatic heterocycles. The van der Waals surface area contributed by atoms with Crippen LogP contribution < -0.4 is 4.74 Å². The van der Waals surface area contributed by atoms with Gasteiger partial charge >= 0.3 is 6.18 Å². The highest BCUT2D eigenvalue weighted by molar-refractivity contribution is 5.61. The molecule has 2 aromatic heterocycles. The highest BCUT2D eigenvalue weighted by atomic mass is 19.4. The Hall–Kier alpha value is -3.41. The average Bonchev–Trinajstić information content (AvgIpc) is 3.03. The van der Waals surface area contributed by atoms with Crippen molar-refractivity contribution in [1.82, 2.24) is 19.7 Å². The Balaban J connectivity index is 1.96. The van der Waals surface area contributed by atoms with E-state index < -0.39 is 17.8 Å². The fraction of sp³-hybridized carbons (Fsp3) is 0.222. The van der Waals surface area contributed by atoms with Gasteiger partial charge in [-0.25, -0.2) is 4.98 Å². The van der Waals surface area contributed by atoms with Gasteiger partial charge in [-0.15, -0.1) is 10.2 Å². The Morgan fingerprint density at radius 1 is 1.15 bits per heavy atom. The SMILES string of the molecule is CC(Oc1ncccc1C#N)c1nnc(-c2ccccc2C(F)(F)F)n1C. The molecular formula is C18H14F3N5O. The lowest BCUT2D eigenvalue weighted by Gasteiger charge is -2.15. The van der Waals surface area contributed by atoms with Crippen LogP contribution in [0, 0.1) is 11.3 Å². The number of ether oxygens (including phenoxy) is 1. The fourth-order valence-electron chi connectivity index (χ4n) is 2.65. The molecule has 3 aromatic rings. The third kappa shape index (κ3) is 3.60. The summed E-state index contributed by atoms with van der Waals surface area (Å²) in [5, 5.41) is 17.0. The van der Waals surface area contributed by atoms with Gasteiger partial charge in [0.1, 0.15) is 11.6 Å². The van der Waals surface area contributed by atoms with Crippen LogP contribution in [0.4, 0.5) is 13.2 Å². The number of nitriles is 1. The average molecular weight is 373 g/mol. The first-order chi connectivity index (χ1) is 12.8. The second kappa shape index (κ2) is 7.07. The normalized spacial score (nSPS) is 12.4. The monoisotopic (exact) mass is 373 g/mol. The van der Waals surface area contributed by atoms with E-state index in [1.807, 2.05) is 6.07 Å². The molecule has 0 aliphatic rings. The van der Waals surface area contributed by atoms with E-state index in [9.17, 15) is 13.2 Å². The predicted octanol–water partition coefficient (Wildman–Crippen LogP) is 3.91. The van der Waals surface area contributed by atoms with Crippen molar-refractivity contribution < 1.29 is 17.9 Å². The van der Waals surface area contributed by atoms with Gasteiger partial charge in [-0.3, -0.25) is 0 Å². The van der Waals surface area contributed by atoms with Crippen LogP contribution in [0.3, 0.4) is 0 Å². The molecule has 0 saturated heterocycles. The zero-order chi connectivity index (χ0) is 19.6. The van der Waals surface area contributed by atoms with E-state index in [1.54, 1.807) is 26.1 Å². The van der Waals surface area contributed by atoms with E-state index in [1.165, 1.54) is 29.0 Å². The molecule has 0 spiro atoms. The van der Waals surface area contributed by atoms with Crippen LogP contribution in [-0.2, 0) is 13.2 Å². The molecule has 0 N–H and O–H groups in total. The predicted molar refractivity (Wildman–Crippen MR) is 89.4 cm³/mol. The van der Waals surface area contributed by atoms with Crippen molar-refractivity contribution in [1.29, 1.82) is 5.26 Å². The Morgan fingerprint density at radius 2 is 1.89 bits per heavy atom. The van der Waals surface area contributed by atoms with Gasteiger partial charge < -0.3 is 9.30 Å². The summed E-state index contributed by atoms with van der Waals surface area (Å²) in [5.74, 6) is 0.485. The number of aromatic nitrogens is 4. The highest BCUT2D eigenvalue weighted by Gasteiger charge is 2.35. The van der Waals surface area contributed by atoms with Crippen molar-refractivity contribution in [3.8, 4) is 23.3 Å². The minimum atomic E-state index is -4.51. The van der Waals surface area contributed by atoms with Crippen LogP contribution in [0.1, 0.15) is 30.0 Å². The maximum atomic E-state index is 13.3. The van der Waals surface area contributed by atoms with Gasteiger partial charge in [-0.2, -0.15) is 18.4 Å². The molecule has 6 nitrogen and oxygen atoms in total. The van der Waals surface area contributed by atoms with Crippen molar-refractivity contribution in [2.24, 2.45) is 7.05 Å². The number of pyridine rings is 1. The molecule has 0 saturated carbocycles. The number of hydrogen-bond acceptors (Lipinski definition) is 5. The first-order valence-corrected chi connectivity index (χ1v) is 7.90. The molecule has 0 fully saturated rings. The lowest BCUT2D eigenvalue weighted by molar-refractivity contribution is -0.137. The lowest BCUT2D eigenvalue weighted by Crippen LogP contribution is -2.12. The molecule has 0 amide bonds. The van der Waals surface area contributed by atoms with Gasteiger partial charge in [-0.1, -0.05) is 18.2 Å². The Kier molecular flexibility index (Phi) is 4.81. The van der Waals surface area contributed by atoms with Gasteiger partial charge in [0.05, 0.1) is 5.56 Å². The van der Waals surface area contributed by atoms with Crippen LogP contribution in [0.25, 0.3) is 11.4 Å². The van der Waals surface area contributed by atoms with E-state index in [0.717, 1.165) is 6.07 Å². The summed E-state index contributed by atoms with van der Waals surface area (Å²) in [6, 6.07) is 10.3. The smallest absolute Gasteiger partial charge is 0.417 e. The first kappa shape index (κ1) is 18.4. The van der Waals surface area contributed by atoms with Crippen molar-refractivity contribution in [2.45, 2.75) is 19.2 Å². The Morgan fingerprint density at radius 3 is 2.59 bits per heavy atom. The standard InChI is InChI=1S/C18H14F3N5O/c1-11(27-17-12(10-22)6-5-9-23-17)15-24-25-16(26(15)2)13-7-3-4-8-14(13)18(19,20)21/h3-9,11H,1-2H3. The third-order valence-electron chi connectivity index (χ3n) is 3.93. The quantitative estimate of drug-likeness (QED) is 0.693. The van der Waals surface area contributed by atoms with Gasteiger partial charge in [0.15, 0.2) is 17.8 Å². The highest BCUT2D eigenvalue weighted by Crippen LogP contribution is 2.36. The summed E-state index contributed by atoms with van der Waals surface area (Å²) in [6.07, 6.45) is -3.72. The van der Waals surface area contributed by atoms with Gasteiger partial charge in [-0.05, 0) is 25.1 Å². The number of halogens is 3. The molecular weight excluding hydrogens is 359 g/mol. The minimum Gasteiger partial charge on any atom is -0.465 e. The van der Waals surface area contributed by atoms with E-state index in [2.05, 4.69) is 15.2 Å². The molecule has 9 heteroatoms. The number of benzene rings is 1. The van der Waals surface area contributed by atoms with Gasteiger partial charge in [0.2, 0.25) is 5.88 Å². The summed E-state index contributed by atoms with van der Waals surface area (Å²) in [5.41, 5.74) is -0.625. The van der Waals surface area contributed by atoms with E-state index in [0.29, 0.717) is 5.82 Å². The Labute approximate surface area is 152 Å². The fourth-order valence-corrected chi connectivity index (χ4v) is 2.65. The third-order valence-corrected chi connectivity index (χ3v) is 3.93. The van der Waals surface area contributed by atoms with E-state index in [-0.39, 0.29) is 22.8 Å². The van der Waals surface area contributed by atoms with Crippen LogP contribution in [0.5, 0.6) is 5.88 Å². The second-order valence-electron chi connectivity index (χ2n) is 5.71. The zero-order valence-corrected chi connectivity index (χ0v) is 14.4. The number of nitrogens with zero attached hydrogens (tertiary/aromatic N) is 5. The van der Waals surface area contributed by atoms with Crippen molar-refractivity contribution in [2.75, 3.05) is 0 Å². The number of hydrogen-bond donors (Lipinski definition) is 0. The number of alkyl halides is 3. The molecule has 2 heterocycles. The molecule has 3 rings (SSSR count). The maximum Gasteiger partial charge on any atom is 0.417 e. The van der Waals surface area contributed by atoms with E-state index >= 15 is 0 Å². The molecule has 0 bridgehead atoms. The van der Waals surface area contributed by atoms with Crippen molar-refractivity contribution in [3.05, 3.63) is 59.5 Å². The second-order valence-corrected chi connectivity index (χ2v) is 5.71. The summed E-state index contributed by atoms with van der Waals surface area (Å²) in [7, 11) is 1.56. The molecule has 1 aromatic carbocycles. The summed E-state index contributed by atoms with van der Waals surface area (Å²) in [4.78, 5) is 4.01. The lowest BCUT2D eigenvalue weighted by atomic mass is 10.1. The molecule has 138 valence electrons. The maximum absolute atomic E-state index is 13.3. The zero-order valence-electron chi connectivity index (χ0n) is 14.4. The Bertz CT molecular complexity index is 1010. The topological polar surface area (TPSA) is 76.6 Å². The molecule has 0 aliphatic carbocycles. The van der Waals surface area contributed by atoms with Crippen LogP contribution in [-0.4, -0.2) is 19.7 Å². The van der Waals surface area contributed by atoms with Crippen molar-refractivity contribution in [3.63, 3.8) is 0 Å². The first-order valence-electron chi connectivity index (χ1n) is 7.90. The summed E-state index contributed by atoms with van der Waals surface area (Å²) in [6.45, 7) is 1.65. The van der Waals surface area contributed by atoms with Crippen LogP contribution >= 0.6 is 0 Å². The van der Waals surface area contributed by atoms with Crippen LogP contribution in [0.15, 0.2) is 42.6 Å². The summed E-state index contributed by atoms with van der Waals surface area (Å²) < 4.78 is 46.9. The molecule has 1 unspecified atom stereocenters. The minimum absolute atomic E-state index is 0.0647. The molecule has 0 radical (unpaired) electrons. The number of rotatable bonds is 4. The summed E-state index contributed by atoms with van der Waals surface area (Å²) >= 11 is 0. The molecule has 1 atom stereocenters. The van der Waals surface area contributed by atoms with Crippen molar-refractivity contribution >= 4 is 0 Å².